The molecule has 0 aliphatic heterocycles. The molecule has 2 rings (SSSR count). The monoisotopic (exact) mass is 303 g/mol. The summed E-state index contributed by atoms with van der Waals surface area (Å²) in [5, 5.41) is 2.37. The van der Waals surface area contributed by atoms with Gasteiger partial charge in [-0.1, -0.05) is 11.6 Å². The van der Waals surface area contributed by atoms with Gasteiger partial charge in [-0.2, -0.15) is 0 Å². The average Bonchev–Trinajstić information content (AvgIpc) is 2.57. The van der Waals surface area contributed by atoms with Crippen molar-refractivity contribution in [2.75, 3.05) is 0 Å². The molecule has 2 aromatic heterocycles. The first-order valence-corrected chi connectivity index (χ1v) is 6.12. The zero-order chi connectivity index (χ0) is 10.8. The number of halogens is 2. The lowest BCUT2D eigenvalue weighted by atomic mass is 10.5. The van der Waals surface area contributed by atoms with E-state index in [9.17, 15) is 0 Å². The molecule has 0 aliphatic rings. The van der Waals surface area contributed by atoms with Gasteiger partial charge in [-0.15, -0.1) is 0 Å². The van der Waals surface area contributed by atoms with Crippen molar-refractivity contribution >= 4 is 39.3 Å². The molecule has 0 spiro atoms. The SMILES string of the molecule is Cn1ccnc1Sc1ncc(Cl)cc1Br. The molecule has 0 aliphatic carbocycles. The highest BCUT2D eigenvalue weighted by Crippen LogP contribution is 2.31. The molecular formula is C9H7BrClN3S. The summed E-state index contributed by atoms with van der Waals surface area (Å²) in [5.41, 5.74) is 0. The fourth-order valence-electron chi connectivity index (χ4n) is 1.01. The van der Waals surface area contributed by atoms with Crippen LogP contribution in [0, 0.1) is 0 Å². The third kappa shape index (κ3) is 2.53. The van der Waals surface area contributed by atoms with Crippen molar-refractivity contribution in [2.24, 2.45) is 7.05 Å². The standard InChI is InChI=1S/C9H7BrClN3S/c1-14-3-2-12-9(14)15-8-7(10)4-6(11)5-13-8/h2-5H,1H3. The second kappa shape index (κ2) is 4.55. The molecular weight excluding hydrogens is 298 g/mol. The minimum absolute atomic E-state index is 0.617. The molecule has 0 amide bonds. The quantitative estimate of drug-likeness (QED) is 0.852. The number of rotatable bonds is 2. The summed E-state index contributed by atoms with van der Waals surface area (Å²) in [7, 11) is 1.94. The Kier molecular flexibility index (Phi) is 3.33. The maximum atomic E-state index is 5.81. The first-order valence-electron chi connectivity index (χ1n) is 4.13. The predicted octanol–water partition coefficient (Wildman–Crippen LogP) is 3.38. The lowest BCUT2D eigenvalue weighted by Crippen LogP contribution is -1.90. The topological polar surface area (TPSA) is 30.7 Å². The van der Waals surface area contributed by atoms with Gasteiger partial charge in [0.15, 0.2) is 5.16 Å². The number of aryl methyl sites for hydroxylation is 1. The Labute approximate surface area is 105 Å². The third-order valence-electron chi connectivity index (χ3n) is 1.74. The molecule has 78 valence electrons. The Hall–Kier alpha value is -0.520. The summed E-state index contributed by atoms with van der Waals surface area (Å²) in [6, 6.07) is 1.82. The van der Waals surface area contributed by atoms with Crippen LogP contribution in [0.15, 0.2) is 39.3 Å². The van der Waals surface area contributed by atoms with E-state index in [1.807, 2.05) is 23.9 Å². The van der Waals surface area contributed by atoms with Gasteiger partial charge in [0.05, 0.1) is 9.50 Å². The summed E-state index contributed by atoms with van der Waals surface area (Å²) >= 11 is 10.7. The van der Waals surface area contributed by atoms with Gasteiger partial charge >= 0.3 is 0 Å². The Morgan fingerprint density at radius 1 is 1.47 bits per heavy atom. The highest BCUT2D eigenvalue weighted by atomic mass is 79.9. The highest BCUT2D eigenvalue weighted by molar-refractivity contribution is 9.10. The van der Waals surface area contributed by atoms with Gasteiger partial charge in [0.2, 0.25) is 0 Å². The number of aromatic nitrogens is 3. The van der Waals surface area contributed by atoms with Crippen molar-refractivity contribution in [3.8, 4) is 0 Å². The summed E-state index contributed by atoms with van der Waals surface area (Å²) in [6.07, 6.45) is 5.27. The van der Waals surface area contributed by atoms with Gasteiger partial charge in [0.25, 0.3) is 0 Å². The van der Waals surface area contributed by atoms with Crippen molar-refractivity contribution < 1.29 is 0 Å². The number of hydrogen-bond acceptors (Lipinski definition) is 3. The van der Waals surface area contributed by atoms with Crippen LogP contribution in [0.25, 0.3) is 0 Å². The van der Waals surface area contributed by atoms with Gasteiger partial charge in [0.1, 0.15) is 5.03 Å². The molecule has 0 saturated heterocycles. The highest BCUT2D eigenvalue weighted by Gasteiger charge is 2.07. The second-order valence-corrected chi connectivity index (χ2v) is 5.11. The fourth-order valence-corrected chi connectivity index (χ4v) is 2.65. The Balaban J connectivity index is 2.29. The molecule has 6 heteroatoms. The molecule has 0 N–H and O–H groups in total. The van der Waals surface area contributed by atoms with Crippen LogP contribution < -0.4 is 0 Å². The molecule has 0 saturated carbocycles. The largest absolute Gasteiger partial charge is 0.329 e. The van der Waals surface area contributed by atoms with E-state index in [0.717, 1.165) is 14.7 Å². The molecule has 0 atom stereocenters. The van der Waals surface area contributed by atoms with Gasteiger partial charge in [-0.3, -0.25) is 0 Å². The number of hydrogen-bond donors (Lipinski definition) is 0. The van der Waals surface area contributed by atoms with Gasteiger partial charge in [-0.25, -0.2) is 9.97 Å². The van der Waals surface area contributed by atoms with Crippen molar-refractivity contribution in [3.05, 3.63) is 34.2 Å². The zero-order valence-electron chi connectivity index (χ0n) is 7.82. The van der Waals surface area contributed by atoms with Gasteiger partial charge in [0, 0.05) is 25.6 Å². The van der Waals surface area contributed by atoms with Crippen LogP contribution in [-0.4, -0.2) is 14.5 Å². The summed E-state index contributed by atoms with van der Waals surface area (Å²) in [6.45, 7) is 0. The van der Waals surface area contributed by atoms with Crippen LogP contribution in [0.3, 0.4) is 0 Å². The van der Waals surface area contributed by atoms with E-state index in [4.69, 9.17) is 11.6 Å². The molecule has 2 heterocycles. The van der Waals surface area contributed by atoms with Crippen molar-refractivity contribution in [3.63, 3.8) is 0 Å². The molecule has 0 radical (unpaired) electrons. The normalized spacial score (nSPS) is 10.6. The molecule has 0 fully saturated rings. The van der Waals surface area contributed by atoms with Crippen LogP contribution in [0.1, 0.15) is 0 Å². The first kappa shape index (κ1) is 11.0. The summed E-state index contributed by atoms with van der Waals surface area (Å²) < 4.78 is 2.82. The molecule has 2 aromatic rings. The molecule has 0 bridgehead atoms. The minimum atomic E-state index is 0.617. The van der Waals surface area contributed by atoms with Crippen LogP contribution >= 0.6 is 39.3 Å². The molecule has 3 nitrogen and oxygen atoms in total. The third-order valence-corrected chi connectivity index (χ3v) is 3.91. The van der Waals surface area contributed by atoms with E-state index in [1.54, 1.807) is 12.4 Å². The van der Waals surface area contributed by atoms with Gasteiger partial charge < -0.3 is 4.57 Å². The average molecular weight is 305 g/mol. The van der Waals surface area contributed by atoms with Crippen molar-refractivity contribution in [1.82, 2.24) is 14.5 Å². The summed E-state index contributed by atoms with van der Waals surface area (Å²) in [4.78, 5) is 8.43. The van der Waals surface area contributed by atoms with Crippen LogP contribution in [0.5, 0.6) is 0 Å². The van der Waals surface area contributed by atoms with E-state index in [-0.39, 0.29) is 0 Å². The Morgan fingerprint density at radius 2 is 2.27 bits per heavy atom. The van der Waals surface area contributed by atoms with E-state index in [0.29, 0.717) is 5.02 Å². The summed E-state index contributed by atoms with van der Waals surface area (Å²) in [5.74, 6) is 0. The van der Waals surface area contributed by atoms with Crippen molar-refractivity contribution in [1.29, 1.82) is 0 Å². The Morgan fingerprint density at radius 3 is 2.87 bits per heavy atom. The molecule has 15 heavy (non-hydrogen) atoms. The number of nitrogens with zero attached hydrogens (tertiary/aromatic N) is 3. The number of pyridine rings is 1. The smallest absolute Gasteiger partial charge is 0.174 e. The lowest BCUT2D eigenvalue weighted by molar-refractivity contribution is 0.788. The molecule has 0 unspecified atom stereocenters. The lowest BCUT2D eigenvalue weighted by Gasteiger charge is -2.03. The predicted molar refractivity (Wildman–Crippen MR) is 64.3 cm³/mol. The zero-order valence-corrected chi connectivity index (χ0v) is 11.0. The van der Waals surface area contributed by atoms with E-state index >= 15 is 0 Å². The fraction of sp³-hybridized carbons (Fsp3) is 0.111. The van der Waals surface area contributed by atoms with E-state index < -0.39 is 0 Å². The van der Waals surface area contributed by atoms with E-state index in [1.165, 1.54) is 11.8 Å². The maximum Gasteiger partial charge on any atom is 0.174 e. The minimum Gasteiger partial charge on any atom is -0.329 e. The number of imidazole rings is 1. The van der Waals surface area contributed by atoms with Crippen LogP contribution in [0.2, 0.25) is 5.02 Å². The van der Waals surface area contributed by atoms with Crippen molar-refractivity contribution in [2.45, 2.75) is 10.2 Å². The maximum absolute atomic E-state index is 5.81. The van der Waals surface area contributed by atoms with Gasteiger partial charge in [-0.05, 0) is 33.8 Å². The Bertz CT molecular complexity index is 486. The molecule has 0 aromatic carbocycles. The van der Waals surface area contributed by atoms with Crippen LogP contribution in [0.4, 0.5) is 0 Å². The van der Waals surface area contributed by atoms with E-state index in [2.05, 4.69) is 25.9 Å². The first-order chi connectivity index (χ1) is 7.16. The van der Waals surface area contributed by atoms with Crippen LogP contribution in [-0.2, 0) is 7.05 Å². The second-order valence-electron chi connectivity index (χ2n) is 2.86.